The first-order valence-electron chi connectivity index (χ1n) is 7.09. The number of carboxylic acids is 1. The van der Waals surface area contributed by atoms with Gasteiger partial charge in [0.25, 0.3) is 0 Å². The van der Waals surface area contributed by atoms with Crippen molar-refractivity contribution in [3.63, 3.8) is 0 Å². The lowest BCUT2D eigenvalue weighted by molar-refractivity contribution is -0.143. The Balaban J connectivity index is 4.18. The summed E-state index contributed by atoms with van der Waals surface area (Å²) >= 11 is 0. The lowest BCUT2D eigenvalue weighted by Gasteiger charge is -2.18. The van der Waals surface area contributed by atoms with Gasteiger partial charge in [-0.05, 0) is 18.8 Å². The van der Waals surface area contributed by atoms with E-state index in [1.807, 2.05) is 13.8 Å². The van der Waals surface area contributed by atoms with E-state index in [9.17, 15) is 14.7 Å². The Morgan fingerprint density at radius 1 is 1.16 bits per heavy atom. The van der Waals surface area contributed by atoms with Crippen LogP contribution in [0.4, 0.5) is 0 Å². The quantitative estimate of drug-likeness (QED) is 0.531. The highest BCUT2D eigenvalue weighted by atomic mass is 16.4. The van der Waals surface area contributed by atoms with Gasteiger partial charge in [-0.3, -0.25) is 4.79 Å². The summed E-state index contributed by atoms with van der Waals surface area (Å²) in [5.41, 5.74) is 0. The number of hydrogen-bond donors (Lipinski definition) is 3. The molecule has 0 radical (unpaired) electrons. The molecule has 19 heavy (non-hydrogen) atoms. The predicted molar refractivity (Wildman–Crippen MR) is 73.8 cm³/mol. The van der Waals surface area contributed by atoms with E-state index in [-0.39, 0.29) is 5.92 Å². The van der Waals surface area contributed by atoms with Gasteiger partial charge in [-0.25, -0.2) is 4.79 Å². The number of amides is 1. The smallest absolute Gasteiger partial charge is 0.326 e. The standard InChI is InChI=1S/C14H27NO4/c1-4-5-6-7-8-11(14(18)19)15-13(17)12(16)9-10(2)3/h10-12,16H,4-9H2,1-3H3,(H,15,17)(H,18,19)/t11-,12-/m0/s1. The number of aliphatic hydroxyl groups is 1. The minimum atomic E-state index is -1.13. The highest BCUT2D eigenvalue weighted by molar-refractivity contribution is 5.86. The van der Waals surface area contributed by atoms with Crippen LogP contribution >= 0.6 is 0 Å². The van der Waals surface area contributed by atoms with Gasteiger partial charge in [0.15, 0.2) is 0 Å². The largest absolute Gasteiger partial charge is 0.480 e. The van der Waals surface area contributed by atoms with Gasteiger partial charge >= 0.3 is 5.97 Å². The van der Waals surface area contributed by atoms with Gasteiger partial charge in [-0.15, -0.1) is 0 Å². The van der Waals surface area contributed by atoms with Gasteiger partial charge in [0.05, 0.1) is 0 Å². The van der Waals surface area contributed by atoms with Gasteiger partial charge in [0, 0.05) is 0 Å². The molecule has 0 aromatic rings. The molecule has 1 amide bonds. The molecule has 112 valence electrons. The van der Waals surface area contributed by atoms with Crippen LogP contribution in [0.1, 0.15) is 59.3 Å². The third-order valence-electron chi connectivity index (χ3n) is 2.96. The van der Waals surface area contributed by atoms with Crippen LogP contribution in [-0.4, -0.2) is 34.2 Å². The monoisotopic (exact) mass is 273 g/mol. The van der Waals surface area contributed by atoms with Crippen LogP contribution in [0, 0.1) is 5.92 Å². The summed E-state index contributed by atoms with van der Waals surface area (Å²) in [4.78, 5) is 22.7. The molecular weight excluding hydrogens is 246 g/mol. The molecule has 0 spiro atoms. The zero-order chi connectivity index (χ0) is 14.8. The van der Waals surface area contributed by atoms with Crippen LogP contribution in [0.3, 0.4) is 0 Å². The normalized spacial score (nSPS) is 14.2. The van der Waals surface area contributed by atoms with Gasteiger partial charge < -0.3 is 15.5 Å². The molecule has 0 fully saturated rings. The molecule has 3 N–H and O–H groups in total. The number of hydrogen-bond acceptors (Lipinski definition) is 3. The second-order valence-corrected chi connectivity index (χ2v) is 5.39. The van der Waals surface area contributed by atoms with E-state index in [0.29, 0.717) is 12.8 Å². The second-order valence-electron chi connectivity index (χ2n) is 5.39. The SMILES string of the molecule is CCCCCC[C@H](NC(=O)[C@@H](O)CC(C)C)C(=O)O. The second kappa shape index (κ2) is 9.78. The number of carbonyl (C=O) groups is 2. The van der Waals surface area contributed by atoms with Crippen LogP contribution in [0.25, 0.3) is 0 Å². The average Bonchev–Trinajstić information content (AvgIpc) is 2.31. The van der Waals surface area contributed by atoms with Crippen molar-refractivity contribution in [1.82, 2.24) is 5.32 Å². The Labute approximate surface area is 115 Å². The number of aliphatic hydroxyl groups excluding tert-OH is 1. The fourth-order valence-corrected chi connectivity index (χ4v) is 1.85. The summed E-state index contributed by atoms with van der Waals surface area (Å²) in [6, 6.07) is -0.897. The number of carbonyl (C=O) groups excluding carboxylic acids is 1. The maximum Gasteiger partial charge on any atom is 0.326 e. The fraction of sp³-hybridized carbons (Fsp3) is 0.857. The molecule has 5 heteroatoms. The van der Waals surface area contributed by atoms with Gasteiger partial charge in [-0.1, -0.05) is 46.5 Å². The van der Waals surface area contributed by atoms with Crippen molar-refractivity contribution in [2.45, 2.75) is 71.4 Å². The van der Waals surface area contributed by atoms with Crippen molar-refractivity contribution in [2.24, 2.45) is 5.92 Å². The lowest BCUT2D eigenvalue weighted by atomic mass is 10.0. The Kier molecular flexibility index (Phi) is 9.21. The number of carboxylic acid groups (broad SMARTS) is 1. The molecule has 0 rings (SSSR count). The molecule has 0 unspecified atom stereocenters. The molecular formula is C14H27NO4. The fourth-order valence-electron chi connectivity index (χ4n) is 1.85. The molecule has 5 nitrogen and oxygen atoms in total. The van der Waals surface area contributed by atoms with E-state index in [2.05, 4.69) is 12.2 Å². The summed E-state index contributed by atoms with van der Waals surface area (Å²) in [7, 11) is 0. The van der Waals surface area contributed by atoms with Crippen molar-refractivity contribution >= 4 is 11.9 Å². The maximum absolute atomic E-state index is 11.7. The van der Waals surface area contributed by atoms with Crippen molar-refractivity contribution < 1.29 is 19.8 Å². The summed E-state index contributed by atoms with van der Waals surface area (Å²) in [6.07, 6.45) is 3.50. The molecule has 0 aliphatic heterocycles. The van der Waals surface area contributed by atoms with Crippen molar-refractivity contribution in [1.29, 1.82) is 0 Å². The minimum Gasteiger partial charge on any atom is -0.480 e. The zero-order valence-electron chi connectivity index (χ0n) is 12.2. The molecule has 0 aliphatic carbocycles. The van der Waals surface area contributed by atoms with E-state index >= 15 is 0 Å². The predicted octanol–water partition coefficient (Wildman–Crippen LogP) is 1.93. The molecule has 2 atom stereocenters. The summed E-state index contributed by atoms with van der Waals surface area (Å²) in [5, 5.41) is 21.1. The van der Waals surface area contributed by atoms with Crippen molar-refractivity contribution in [3.05, 3.63) is 0 Å². The highest BCUT2D eigenvalue weighted by Gasteiger charge is 2.23. The molecule has 0 aromatic carbocycles. The van der Waals surface area contributed by atoms with Crippen molar-refractivity contribution in [3.8, 4) is 0 Å². The van der Waals surface area contributed by atoms with Crippen LogP contribution in [0.5, 0.6) is 0 Å². The van der Waals surface area contributed by atoms with Gasteiger partial charge in [-0.2, -0.15) is 0 Å². The van der Waals surface area contributed by atoms with Gasteiger partial charge in [0.1, 0.15) is 12.1 Å². The topological polar surface area (TPSA) is 86.6 Å². The third-order valence-corrected chi connectivity index (χ3v) is 2.96. The summed E-state index contributed by atoms with van der Waals surface area (Å²) < 4.78 is 0. The molecule has 0 aromatic heterocycles. The number of unbranched alkanes of at least 4 members (excludes halogenated alkanes) is 3. The first kappa shape index (κ1) is 17.9. The molecule has 0 heterocycles. The number of rotatable bonds is 10. The van der Waals surface area contributed by atoms with Gasteiger partial charge in [0.2, 0.25) is 5.91 Å². The Bertz CT molecular complexity index is 279. The summed E-state index contributed by atoms with van der Waals surface area (Å²) in [5.74, 6) is -1.44. The Morgan fingerprint density at radius 3 is 2.26 bits per heavy atom. The number of nitrogens with one attached hydrogen (secondary N) is 1. The van der Waals surface area contributed by atoms with Crippen molar-refractivity contribution in [2.75, 3.05) is 0 Å². The Hall–Kier alpha value is -1.10. The first-order chi connectivity index (χ1) is 8.88. The number of aliphatic carboxylic acids is 1. The van der Waals surface area contributed by atoms with E-state index in [0.717, 1.165) is 25.7 Å². The van der Waals surface area contributed by atoms with E-state index in [4.69, 9.17) is 5.11 Å². The van der Waals surface area contributed by atoms with Crippen LogP contribution in [0.15, 0.2) is 0 Å². The van der Waals surface area contributed by atoms with E-state index < -0.39 is 24.0 Å². The third kappa shape index (κ3) is 8.59. The zero-order valence-corrected chi connectivity index (χ0v) is 12.2. The summed E-state index contributed by atoms with van der Waals surface area (Å²) in [6.45, 7) is 5.88. The lowest BCUT2D eigenvalue weighted by Crippen LogP contribution is -2.45. The highest BCUT2D eigenvalue weighted by Crippen LogP contribution is 2.08. The Morgan fingerprint density at radius 2 is 1.79 bits per heavy atom. The molecule has 0 aliphatic rings. The van der Waals surface area contributed by atoms with Crippen LogP contribution in [-0.2, 0) is 9.59 Å². The molecule has 0 bridgehead atoms. The molecule has 0 saturated heterocycles. The first-order valence-corrected chi connectivity index (χ1v) is 7.09. The maximum atomic E-state index is 11.7. The average molecular weight is 273 g/mol. The minimum absolute atomic E-state index is 0.189. The molecule has 0 saturated carbocycles. The van der Waals surface area contributed by atoms with Crippen LogP contribution in [0.2, 0.25) is 0 Å². The van der Waals surface area contributed by atoms with E-state index in [1.165, 1.54) is 0 Å². The van der Waals surface area contributed by atoms with E-state index in [1.54, 1.807) is 0 Å². The van der Waals surface area contributed by atoms with Crippen LogP contribution < -0.4 is 5.32 Å².